The highest BCUT2D eigenvalue weighted by Crippen LogP contribution is 2.25. The second-order valence-corrected chi connectivity index (χ2v) is 7.76. The molecular weight excluding hydrogens is 430 g/mol. The van der Waals surface area contributed by atoms with Crippen molar-refractivity contribution in [2.24, 2.45) is 0 Å². The fourth-order valence-corrected chi connectivity index (χ4v) is 3.88. The van der Waals surface area contributed by atoms with E-state index in [4.69, 9.17) is 0 Å². The van der Waals surface area contributed by atoms with Gasteiger partial charge < -0.3 is 15.4 Å². The minimum Gasteiger partial charge on any atom is -0.469 e. The van der Waals surface area contributed by atoms with E-state index in [0.29, 0.717) is 12.0 Å². The molecule has 2 N–H and O–H groups in total. The number of benzene rings is 1. The van der Waals surface area contributed by atoms with Gasteiger partial charge in [0, 0.05) is 18.5 Å². The van der Waals surface area contributed by atoms with Crippen LogP contribution in [-0.4, -0.2) is 71.4 Å². The molecule has 4 amide bonds. The fraction of sp³-hybridized carbons (Fsp3) is 0.455. The normalized spacial score (nSPS) is 21.2. The Labute approximate surface area is 190 Å². The molecule has 2 fully saturated rings. The van der Waals surface area contributed by atoms with Crippen LogP contribution >= 0.6 is 0 Å². The van der Waals surface area contributed by atoms with Crippen molar-refractivity contribution in [3.8, 4) is 6.07 Å². The number of nitriles is 1. The number of carbonyl (C=O) groups is 5. The van der Waals surface area contributed by atoms with Gasteiger partial charge in [0.05, 0.1) is 19.6 Å². The number of nitrogens with one attached hydrogen (secondary N) is 2. The maximum atomic E-state index is 13.4. The smallest absolute Gasteiger partial charge is 0.308 e. The number of carbonyl (C=O) groups excluding carboxylic acids is 5. The number of methoxy groups -OCH3 is 1. The molecule has 11 heteroatoms. The molecule has 0 spiro atoms. The third-order valence-electron chi connectivity index (χ3n) is 5.58. The molecule has 3 rings (SSSR count). The van der Waals surface area contributed by atoms with Crippen molar-refractivity contribution >= 4 is 29.6 Å². The van der Waals surface area contributed by atoms with Crippen molar-refractivity contribution < 1.29 is 28.7 Å². The largest absolute Gasteiger partial charge is 0.469 e. The molecule has 11 nitrogen and oxygen atoms in total. The number of esters is 1. The molecule has 3 unspecified atom stereocenters. The van der Waals surface area contributed by atoms with Crippen LogP contribution in [-0.2, 0) is 23.9 Å². The van der Waals surface area contributed by atoms with Gasteiger partial charge in [-0.2, -0.15) is 5.26 Å². The SMILES string of the molecule is COC(=O)CC(C#N)NC(=O)C1CCCN2C(=O)CCC(NC(=O)c3ccccc3)C(=O)N12. The number of fused-ring (bicyclic) bond motifs is 1. The van der Waals surface area contributed by atoms with E-state index >= 15 is 0 Å². The molecule has 0 saturated carbocycles. The summed E-state index contributed by atoms with van der Waals surface area (Å²) in [6, 6.07) is 6.98. The number of hydrogen-bond acceptors (Lipinski definition) is 7. The summed E-state index contributed by atoms with van der Waals surface area (Å²) < 4.78 is 4.53. The van der Waals surface area contributed by atoms with E-state index in [1.54, 1.807) is 30.3 Å². The maximum Gasteiger partial charge on any atom is 0.308 e. The average molecular weight is 455 g/mol. The van der Waals surface area contributed by atoms with Crippen LogP contribution in [0.4, 0.5) is 0 Å². The Kier molecular flexibility index (Phi) is 7.61. The van der Waals surface area contributed by atoms with Crippen LogP contribution in [0.2, 0.25) is 0 Å². The van der Waals surface area contributed by atoms with Gasteiger partial charge >= 0.3 is 5.97 Å². The molecule has 174 valence electrons. The zero-order chi connectivity index (χ0) is 24.0. The first-order valence-electron chi connectivity index (χ1n) is 10.6. The summed E-state index contributed by atoms with van der Waals surface area (Å²) in [7, 11) is 1.17. The lowest BCUT2D eigenvalue weighted by molar-refractivity contribution is -0.176. The Morgan fingerprint density at radius 1 is 1.21 bits per heavy atom. The zero-order valence-electron chi connectivity index (χ0n) is 18.2. The fourth-order valence-electron chi connectivity index (χ4n) is 3.88. The van der Waals surface area contributed by atoms with E-state index in [9.17, 15) is 29.2 Å². The zero-order valence-corrected chi connectivity index (χ0v) is 18.2. The van der Waals surface area contributed by atoms with Gasteiger partial charge in [0.15, 0.2) is 0 Å². The van der Waals surface area contributed by atoms with Crippen LogP contribution in [0.25, 0.3) is 0 Å². The van der Waals surface area contributed by atoms with Gasteiger partial charge in [-0.05, 0) is 31.4 Å². The lowest BCUT2D eigenvalue weighted by Crippen LogP contribution is -2.64. The molecule has 0 aromatic heterocycles. The van der Waals surface area contributed by atoms with E-state index in [1.165, 1.54) is 12.1 Å². The molecule has 33 heavy (non-hydrogen) atoms. The van der Waals surface area contributed by atoms with Gasteiger partial charge in [0.2, 0.25) is 11.8 Å². The first-order valence-corrected chi connectivity index (χ1v) is 10.6. The minimum absolute atomic E-state index is 0.0273. The molecule has 0 bridgehead atoms. The first kappa shape index (κ1) is 23.7. The van der Waals surface area contributed by atoms with Gasteiger partial charge in [-0.15, -0.1) is 0 Å². The highest BCUT2D eigenvalue weighted by atomic mass is 16.5. The summed E-state index contributed by atoms with van der Waals surface area (Å²) in [6.45, 7) is 0.261. The highest BCUT2D eigenvalue weighted by Gasteiger charge is 2.45. The predicted molar refractivity (Wildman–Crippen MR) is 113 cm³/mol. The number of rotatable bonds is 6. The van der Waals surface area contributed by atoms with Gasteiger partial charge in [0.1, 0.15) is 18.1 Å². The van der Waals surface area contributed by atoms with E-state index in [-0.39, 0.29) is 38.1 Å². The molecule has 1 aromatic carbocycles. The minimum atomic E-state index is -1.15. The number of hydrogen-bond donors (Lipinski definition) is 2. The average Bonchev–Trinajstić information content (AvgIpc) is 2.95. The molecule has 1 aromatic rings. The Hall–Kier alpha value is -3.94. The Bertz CT molecular complexity index is 975. The Morgan fingerprint density at radius 3 is 2.61 bits per heavy atom. The van der Waals surface area contributed by atoms with Crippen molar-refractivity contribution in [1.82, 2.24) is 20.7 Å². The van der Waals surface area contributed by atoms with Gasteiger partial charge in [-0.3, -0.25) is 29.0 Å². The third kappa shape index (κ3) is 5.46. The predicted octanol–water partition coefficient (Wildman–Crippen LogP) is -0.115. The quantitative estimate of drug-likeness (QED) is 0.568. The van der Waals surface area contributed by atoms with Crippen molar-refractivity contribution in [3.63, 3.8) is 0 Å². The number of ether oxygens (including phenoxy) is 1. The summed E-state index contributed by atoms with van der Waals surface area (Å²) in [5.41, 5.74) is 0.366. The topological polar surface area (TPSA) is 149 Å². The van der Waals surface area contributed by atoms with Crippen LogP contribution < -0.4 is 10.6 Å². The molecule has 2 saturated heterocycles. The summed E-state index contributed by atoms with van der Waals surface area (Å²) in [4.78, 5) is 63.1. The summed E-state index contributed by atoms with van der Waals surface area (Å²) in [5, 5.41) is 16.7. The second-order valence-electron chi connectivity index (χ2n) is 7.76. The van der Waals surface area contributed by atoms with Crippen molar-refractivity contribution in [3.05, 3.63) is 35.9 Å². The standard InChI is InChI=1S/C22H25N5O6/c1-33-19(29)12-15(13-23)24-21(31)17-8-5-11-26-18(28)10-9-16(22(32)27(17)26)25-20(30)14-6-3-2-4-7-14/h2-4,6-7,15-17H,5,8-12H2,1H3,(H,24,31)(H,25,30). The number of nitrogens with zero attached hydrogens (tertiary/aromatic N) is 3. The van der Waals surface area contributed by atoms with E-state index < -0.39 is 41.8 Å². The van der Waals surface area contributed by atoms with Crippen LogP contribution in [0.3, 0.4) is 0 Å². The van der Waals surface area contributed by atoms with Crippen molar-refractivity contribution in [2.45, 2.75) is 50.2 Å². The van der Waals surface area contributed by atoms with Crippen LogP contribution in [0.5, 0.6) is 0 Å². The van der Waals surface area contributed by atoms with Gasteiger partial charge in [-0.1, -0.05) is 18.2 Å². The lowest BCUT2D eigenvalue weighted by Gasteiger charge is -2.43. The molecule has 2 aliphatic rings. The molecular formula is C22H25N5O6. The van der Waals surface area contributed by atoms with Crippen LogP contribution in [0.15, 0.2) is 30.3 Å². The molecule has 2 aliphatic heterocycles. The van der Waals surface area contributed by atoms with Crippen molar-refractivity contribution in [2.75, 3.05) is 13.7 Å². The number of amides is 4. The van der Waals surface area contributed by atoms with Gasteiger partial charge in [-0.25, -0.2) is 5.01 Å². The first-order chi connectivity index (χ1) is 15.8. The van der Waals surface area contributed by atoms with E-state index in [1.807, 2.05) is 6.07 Å². The maximum absolute atomic E-state index is 13.4. The Morgan fingerprint density at radius 2 is 1.94 bits per heavy atom. The summed E-state index contributed by atoms with van der Waals surface area (Å²) in [6.07, 6.45) is 0.512. The summed E-state index contributed by atoms with van der Waals surface area (Å²) in [5.74, 6) is -2.70. The highest BCUT2D eigenvalue weighted by molar-refractivity contribution is 5.99. The monoisotopic (exact) mass is 455 g/mol. The van der Waals surface area contributed by atoms with Crippen LogP contribution in [0, 0.1) is 11.3 Å². The van der Waals surface area contributed by atoms with Crippen molar-refractivity contribution in [1.29, 1.82) is 5.26 Å². The summed E-state index contributed by atoms with van der Waals surface area (Å²) >= 11 is 0. The van der Waals surface area contributed by atoms with E-state index in [0.717, 1.165) is 5.01 Å². The Balaban J connectivity index is 1.79. The molecule has 2 heterocycles. The van der Waals surface area contributed by atoms with Gasteiger partial charge in [0.25, 0.3) is 11.8 Å². The molecule has 0 radical (unpaired) electrons. The van der Waals surface area contributed by atoms with Crippen LogP contribution in [0.1, 0.15) is 42.5 Å². The van der Waals surface area contributed by atoms with E-state index in [2.05, 4.69) is 15.4 Å². The third-order valence-corrected chi connectivity index (χ3v) is 5.58. The second kappa shape index (κ2) is 10.6. The lowest BCUT2D eigenvalue weighted by atomic mass is 10.0. The molecule has 3 atom stereocenters. The number of hydrazine groups is 1. The molecule has 0 aliphatic carbocycles.